The third kappa shape index (κ3) is 3.98. The molecule has 2 rings (SSSR count). The van der Waals surface area contributed by atoms with Crippen LogP contribution in [0.25, 0.3) is 0 Å². The molecule has 124 valence electrons. The number of carbonyl (C=O) groups excluding carboxylic acids is 3. The number of rotatable bonds is 4. The highest BCUT2D eigenvalue weighted by Gasteiger charge is 2.46. The summed E-state index contributed by atoms with van der Waals surface area (Å²) >= 11 is 0. The van der Waals surface area contributed by atoms with Gasteiger partial charge in [0.05, 0.1) is 14.2 Å². The van der Waals surface area contributed by atoms with E-state index in [0.717, 1.165) is 10.6 Å². The average Bonchev–Trinajstić information content (AvgIpc) is 3.04. The molecule has 1 aromatic rings. The molecule has 1 aromatic carbocycles. The lowest BCUT2D eigenvalue weighted by Gasteiger charge is -2.20. The van der Waals surface area contributed by atoms with Gasteiger partial charge in [-0.25, -0.2) is 14.4 Å². The number of hydroxylamine groups is 2. The summed E-state index contributed by atoms with van der Waals surface area (Å²) in [5.41, 5.74) is 0.777. The number of methoxy groups -OCH3 is 2. The highest BCUT2D eigenvalue weighted by molar-refractivity contribution is 5.84. The second kappa shape index (κ2) is 7.59. The molecule has 0 aliphatic carbocycles. The van der Waals surface area contributed by atoms with Gasteiger partial charge in [0.15, 0.2) is 12.1 Å². The Bertz CT molecular complexity index is 574. The zero-order valence-corrected chi connectivity index (χ0v) is 12.8. The van der Waals surface area contributed by atoms with Crippen LogP contribution in [0, 0.1) is 0 Å². The van der Waals surface area contributed by atoms with Gasteiger partial charge in [0.1, 0.15) is 6.61 Å². The third-order valence-corrected chi connectivity index (χ3v) is 3.28. The van der Waals surface area contributed by atoms with Crippen LogP contribution in [0.2, 0.25) is 0 Å². The molecule has 0 unspecified atom stereocenters. The molecule has 8 heteroatoms. The smallest absolute Gasteiger partial charge is 0.435 e. The van der Waals surface area contributed by atoms with Crippen LogP contribution < -0.4 is 0 Å². The van der Waals surface area contributed by atoms with E-state index in [1.54, 1.807) is 24.3 Å². The molecule has 0 aromatic heterocycles. The molecule has 0 radical (unpaired) electrons. The molecular formula is C15H17NO7. The lowest BCUT2D eigenvalue weighted by atomic mass is 10.1. The summed E-state index contributed by atoms with van der Waals surface area (Å²) in [6, 6.07) is 7.95. The van der Waals surface area contributed by atoms with Gasteiger partial charge in [0, 0.05) is 6.42 Å². The molecule has 2 atom stereocenters. The molecule has 1 heterocycles. The number of hydrogen-bond acceptors (Lipinski definition) is 7. The Morgan fingerprint density at radius 3 is 2.39 bits per heavy atom. The summed E-state index contributed by atoms with van der Waals surface area (Å²) < 4.78 is 14.3. The van der Waals surface area contributed by atoms with Crippen LogP contribution in [0.5, 0.6) is 0 Å². The Kier molecular flexibility index (Phi) is 5.53. The van der Waals surface area contributed by atoms with Gasteiger partial charge in [-0.15, -0.1) is 0 Å². The second-order valence-electron chi connectivity index (χ2n) is 4.76. The van der Waals surface area contributed by atoms with E-state index >= 15 is 0 Å². The van der Waals surface area contributed by atoms with E-state index in [-0.39, 0.29) is 13.0 Å². The maximum Gasteiger partial charge on any atom is 0.435 e. The minimum Gasteiger partial charge on any atom is -0.467 e. The lowest BCUT2D eigenvalue weighted by molar-refractivity contribution is -0.182. The van der Waals surface area contributed by atoms with Crippen LogP contribution in [-0.4, -0.2) is 49.5 Å². The molecule has 0 spiro atoms. The van der Waals surface area contributed by atoms with Crippen LogP contribution in [-0.2, 0) is 35.2 Å². The van der Waals surface area contributed by atoms with E-state index < -0.39 is 30.2 Å². The number of amides is 1. The van der Waals surface area contributed by atoms with Crippen molar-refractivity contribution in [2.24, 2.45) is 0 Å². The molecule has 1 aliphatic rings. The Morgan fingerprint density at radius 2 is 1.78 bits per heavy atom. The van der Waals surface area contributed by atoms with Crippen molar-refractivity contribution in [2.75, 3.05) is 14.2 Å². The van der Waals surface area contributed by atoms with Gasteiger partial charge in [-0.3, -0.25) is 4.84 Å². The molecule has 1 amide bonds. The van der Waals surface area contributed by atoms with Crippen LogP contribution in [0.3, 0.4) is 0 Å². The first-order valence-corrected chi connectivity index (χ1v) is 6.89. The number of hydrogen-bond donors (Lipinski definition) is 0. The largest absolute Gasteiger partial charge is 0.467 e. The number of carbonyl (C=O) groups is 3. The van der Waals surface area contributed by atoms with Crippen molar-refractivity contribution in [3.63, 3.8) is 0 Å². The van der Waals surface area contributed by atoms with Crippen molar-refractivity contribution in [3.8, 4) is 0 Å². The van der Waals surface area contributed by atoms with Gasteiger partial charge in [-0.1, -0.05) is 30.3 Å². The first-order valence-electron chi connectivity index (χ1n) is 6.89. The lowest BCUT2D eigenvalue weighted by Crippen LogP contribution is -2.40. The van der Waals surface area contributed by atoms with Crippen LogP contribution in [0.1, 0.15) is 12.0 Å². The van der Waals surface area contributed by atoms with E-state index in [1.165, 1.54) is 14.2 Å². The Labute approximate surface area is 132 Å². The van der Waals surface area contributed by atoms with Crippen LogP contribution in [0.15, 0.2) is 30.3 Å². The summed E-state index contributed by atoms with van der Waals surface area (Å²) in [6.45, 7) is 0.0102. The number of benzene rings is 1. The topological polar surface area (TPSA) is 91.4 Å². The Balaban J connectivity index is 2.03. The molecular weight excluding hydrogens is 306 g/mol. The summed E-state index contributed by atoms with van der Waals surface area (Å²) in [5, 5.41) is 0.719. The fourth-order valence-electron chi connectivity index (χ4n) is 2.10. The molecule has 1 fully saturated rings. The molecule has 0 N–H and O–H groups in total. The summed E-state index contributed by atoms with van der Waals surface area (Å²) in [5.74, 6) is -1.38. The number of ether oxygens (including phenoxy) is 3. The molecule has 1 aliphatic heterocycles. The normalized spacial score (nSPS) is 20.0. The van der Waals surface area contributed by atoms with Crippen LogP contribution in [0.4, 0.5) is 4.79 Å². The molecule has 23 heavy (non-hydrogen) atoms. The standard InChI is InChI=1S/C15H17NO7/c1-20-13(17)11-8-12(14(18)21-2)23-16(11)15(19)22-9-10-6-4-3-5-7-10/h3-7,11-12H,8-9H2,1-2H3/t11-,12+/m1/s1. The maximum absolute atomic E-state index is 12.1. The predicted molar refractivity (Wildman–Crippen MR) is 75.8 cm³/mol. The van der Waals surface area contributed by atoms with Gasteiger partial charge >= 0.3 is 18.0 Å². The van der Waals surface area contributed by atoms with Gasteiger partial charge in [0.2, 0.25) is 0 Å². The minimum absolute atomic E-state index is 0.0102. The predicted octanol–water partition coefficient (Wildman–Crippen LogP) is 1.04. The second-order valence-corrected chi connectivity index (χ2v) is 4.76. The van der Waals surface area contributed by atoms with Gasteiger partial charge in [0.25, 0.3) is 0 Å². The van der Waals surface area contributed by atoms with Crippen molar-refractivity contribution < 1.29 is 33.4 Å². The third-order valence-electron chi connectivity index (χ3n) is 3.28. The van der Waals surface area contributed by atoms with Crippen LogP contribution >= 0.6 is 0 Å². The van der Waals surface area contributed by atoms with Crippen molar-refractivity contribution in [1.29, 1.82) is 0 Å². The Morgan fingerprint density at radius 1 is 1.13 bits per heavy atom. The highest BCUT2D eigenvalue weighted by atomic mass is 16.8. The van der Waals surface area contributed by atoms with E-state index in [1.807, 2.05) is 6.07 Å². The molecule has 0 bridgehead atoms. The zero-order valence-electron chi connectivity index (χ0n) is 12.8. The molecule has 8 nitrogen and oxygen atoms in total. The van der Waals surface area contributed by atoms with E-state index in [2.05, 4.69) is 9.47 Å². The van der Waals surface area contributed by atoms with Crippen molar-refractivity contribution in [3.05, 3.63) is 35.9 Å². The first kappa shape index (κ1) is 16.8. The van der Waals surface area contributed by atoms with E-state index in [9.17, 15) is 14.4 Å². The quantitative estimate of drug-likeness (QED) is 0.604. The fraction of sp³-hybridized carbons (Fsp3) is 0.400. The van der Waals surface area contributed by atoms with Crippen molar-refractivity contribution in [2.45, 2.75) is 25.2 Å². The Hall–Kier alpha value is -2.61. The average molecular weight is 323 g/mol. The highest BCUT2D eigenvalue weighted by Crippen LogP contribution is 2.24. The SMILES string of the molecule is COC(=O)[C@@H]1C[C@H](C(=O)OC)N(C(=O)OCc2ccccc2)O1. The maximum atomic E-state index is 12.1. The van der Waals surface area contributed by atoms with Gasteiger partial charge < -0.3 is 14.2 Å². The zero-order chi connectivity index (χ0) is 16.8. The summed E-state index contributed by atoms with van der Waals surface area (Å²) in [7, 11) is 2.37. The monoisotopic (exact) mass is 323 g/mol. The first-order chi connectivity index (χ1) is 11.1. The van der Waals surface area contributed by atoms with Gasteiger partial charge in [-0.2, -0.15) is 5.06 Å². The fourth-order valence-corrected chi connectivity index (χ4v) is 2.10. The number of esters is 2. The summed E-state index contributed by atoms with van der Waals surface area (Å²) in [4.78, 5) is 40.6. The number of nitrogens with zero attached hydrogens (tertiary/aromatic N) is 1. The van der Waals surface area contributed by atoms with Crippen molar-refractivity contribution in [1.82, 2.24) is 5.06 Å². The van der Waals surface area contributed by atoms with E-state index in [0.29, 0.717) is 0 Å². The van der Waals surface area contributed by atoms with Crippen molar-refractivity contribution >= 4 is 18.0 Å². The summed E-state index contributed by atoms with van der Waals surface area (Å²) in [6.07, 6.45) is -2.00. The molecule has 1 saturated heterocycles. The molecule has 0 saturated carbocycles. The minimum atomic E-state index is -1.06. The van der Waals surface area contributed by atoms with E-state index in [4.69, 9.17) is 9.57 Å². The van der Waals surface area contributed by atoms with Gasteiger partial charge in [-0.05, 0) is 5.56 Å².